The first-order valence-corrected chi connectivity index (χ1v) is 8.04. The van der Waals surface area contributed by atoms with Crippen LogP contribution in [0.15, 0.2) is 16.9 Å². The van der Waals surface area contributed by atoms with Crippen LogP contribution >= 0.6 is 15.9 Å². The first kappa shape index (κ1) is 14.6. The van der Waals surface area contributed by atoms with Crippen molar-refractivity contribution in [3.63, 3.8) is 0 Å². The van der Waals surface area contributed by atoms with Gasteiger partial charge in [-0.15, -0.1) is 0 Å². The lowest BCUT2D eigenvalue weighted by molar-refractivity contribution is 0.528. The summed E-state index contributed by atoms with van der Waals surface area (Å²) in [6, 6.07) is 0.639. The van der Waals surface area contributed by atoms with Gasteiger partial charge in [-0.25, -0.2) is 0 Å². The van der Waals surface area contributed by atoms with Gasteiger partial charge in [0.1, 0.15) is 0 Å². The maximum absolute atomic E-state index is 6.16. The zero-order valence-corrected chi connectivity index (χ0v) is 13.5. The first-order chi connectivity index (χ1) is 9.09. The second-order valence-corrected chi connectivity index (χ2v) is 6.73. The zero-order chi connectivity index (χ0) is 13.8. The van der Waals surface area contributed by atoms with E-state index in [0.29, 0.717) is 12.0 Å². The van der Waals surface area contributed by atoms with Crippen LogP contribution in [0.1, 0.15) is 46.0 Å². The first-order valence-electron chi connectivity index (χ1n) is 7.25. The van der Waals surface area contributed by atoms with Gasteiger partial charge in [-0.05, 0) is 41.1 Å². The number of anilines is 2. The molecule has 1 aliphatic rings. The normalized spacial score (nSPS) is 16.2. The minimum Gasteiger partial charge on any atom is -0.396 e. The van der Waals surface area contributed by atoms with Crippen LogP contribution in [0.3, 0.4) is 0 Å². The maximum atomic E-state index is 6.16. The van der Waals surface area contributed by atoms with Gasteiger partial charge in [0.05, 0.1) is 22.0 Å². The van der Waals surface area contributed by atoms with Crippen LogP contribution in [0.4, 0.5) is 11.4 Å². The number of aromatic nitrogens is 1. The molecule has 0 unspecified atom stereocenters. The second kappa shape index (κ2) is 6.60. The van der Waals surface area contributed by atoms with E-state index in [9.17, 15) is 0 Å². The summed E-state index contributed by atoms with van der Waals surface area (Å²) in [5, 5.41) is 0. The van der Waals surface area contributed by atoms with Gasteiger partial charge in [-0.3, -0.25) is 4.98 Å². The van der Waals surface area contributed by atoms with Crippen molar-refractivity contribution in [2.75, 3.05) is 17.2 Å². The molecule has 1 aromatic rings. The summed E-state index contributed by atoms with van der Waals surface area (Å²) in [7, 11) is 0. The summed E-state index contributed by atoms with van der Waals surface area (Å²) < 4.78 is 1.02. The van der Waals surface area contributed by atoms with Crippen molar-refractivity contribution in [2.24, 2.45) is 5.92 Å². The average molecular weight is 326 g/mol. The molecule has 1 aliphatic carbocycles. The molecule has 1 fully saturated rings. The molecule has 1 aromatic heterocycles. The average Bonchev–Trinajstić information content (AvgIpc) is 2.86. The van der Waals surface area contributed by atoms with Gasteiger partial charge in [-0.2, -0.15) is 0 Å². The number of hydrogen-bond donors (Lipinski definition) is 1. The number of hydrogen-bond acceptors (Lipinski definition) is 3. The molecule has 4 heteroatoms. The Labute approximate surface area is 124 Å². The lowest BCUT2D eigenvalue weighted by atomic mass is 10.1. The Bertz CT molecular complexity index is 394. The van der Waals surface area contributed by atoms with Gasteiger partial charge in [0.15, 0.2) is 0 Å². The van der Waals surface area contributed by atoms with Crippen LogP contribution in [0.25, 0.3) is 0 Å². The second-order valence-electron chi connectivity index (χ2n) is 5.87. The maximum Gasteiger partial charge on any atom is 0.0778 e. The van der Waals surface area contributed by atoms with E-state index in [-0.39, 0.29) is 0 Å². The number of halogens is 1. The third kappa shape index (κ3) is 3.62. The predicted molar refractivity (Wildman–Crippen MR) is 85.4 cm³/mol. The molecule has 1 saturated carbocycles. The molecular formula is C15H24BrN3. The standard InChI is InChI=1S/C15H24BrN3/c1-11(2)7-8-19(12-5-3-4-6-12)15-13(16)9-18-10-14(15)17/h9-12H,3-8,17H2,1-2H3. The van der Waals surface area contributed by atoms with Crippen molar-refractivity contribution in [3.05, 3.63) is 16.9 Å². The van der Waals surface area contributed by atoms with E-state index < -0.39 is 0 Å². The molecule has 19 heavy (non-hydrogen) atoms. The lowest BCUT2D eigenvalue weighted by Crippen LogP contribution is -2.35. The molecule has 0 aliphatic heterocycles. The minimum absolute atomic E-state index is 0.639. The van der Waals surface area contributed by atoms with E-state index in [4.69, 9.17) is 5.73 Å². The van der Waals surface area contributed by atoms with Gasteiger partial charge in [0.25, 0.3) is 0 Å². The fourth-order valence-electron chi connectivity index (χ4n) is 2.84. The fraction of sp³-hybridized carbons (Fsp3) is 0.667. The van der Waals surface area contributed by atoms with Crippen LogP contribution < -0.4 is 10.6 Å². The van der Waals surface area contributed by atoms with Crippen molar-refractivity contribution >= 4 is 27.3 Å². The van der Waals surface area contributed by atoms with E-state index in [1.165, 1.54) is 32.1 Å². The van der Waals surface area contributed by atoms with E-state index >= 15 is 0 Å². The SMILES string of the molecule is CC(C)CCN(c1c(N)cncc1Br)C1CCCC1. The van der Waals surface area contributed by atoms with Crippen LogP contribution in [0.2, 0.25) is 0 Å². The molecule has 3 nitrogen and oxygen atoms in total. The van der Waals surface area contributed by atoms with Crippen molar-refractivity contribution < 1.29 is 0 Å². The summed E-state index contributed by atoms with van der Waals surface area (Å²) in [6.07, 6.45) is 10.1. The summed E-state index contributed by atoms with van der Waals surface area (Å²) in [5.74, 6) is 0.714. The van der Waals surface area contributed by atoms with E-state index in [1.54, 1.807) is 6.20 Å². The van der Waals surface area contributed by atoms with Gasteiger partial charge >= 0.3 is 0 Å². The van der Waals surface area contributed by atoms with Crippen molar-refractivity contribution in [1.82, 2.24) is 4.98 Å². The van der Waals surface area contributed by atoms with E-state index in [0.717, 1.165) is 22.4 Å². The summed E-state index contributed by atoms with van der Waals surface area (Å²) in [5.41, 5.74) is 8.09. The quantitative estimate of drug-likeness (QED) is 0.881. The number of nitrogen functional groups attached to an aromatic ring is 1. The summed E-state index contributed by atoms with van der Waals surface area (Å²) in [4.78, 5) is 6.66. The smallest absolute Gasteiger partial charge is 0.0778 e. The molecule has 2 rings (SSSR count). The number of pyridine rings is 1. The Morgan fingerprint density at radius 3 is 2.63 bits per heavy atom. The van der Waals surface area contributed by atoms with Crippen molar-refractivity contribution in [3.8, 4) is 0 Å². The molecule has 0 amide bonds. The number of nitrogens with zero attached hydrogens (tertiary/aromatic N) is 2. The van der Waals surface area contributed by atoms with E-state index in [2.05, 4.69) is 39.7 Å². The van der Waals surface area contributed by atoms with Gasteiger partial charge < -0.3 is 10.6 Å². The number of rotatable bonds is 5. The third-order valence-corrected chi connectivity index (χ3v) is 4.48. The van der Waals surface area contributed by atoms with Gasteiger partial charge in [-0.1, -0.05) is 26.7 Å². The van der Waals surface area contributed by atoms with Crippen LogP contribution in [-0.2, 0) is 0 Å². The summed E-state index contributed by atoms with van der Waals surface area (Å²) >= 11 is 3.62. The number of nitrogens with two attached hydrogens (primary N) is 1. The molecule has 0 radical (unpaired) electrons. The molecule has 0 spiro atoms. The highest BCUT2D eigenvalue weighted by atomic mass is 79.9. The Hall–Kier alpha value is -0.770. The molecule has 0 saturated heterocycles. The molecule has 2 N–H and O–H groups in total. The third-order valence-electron chi connectivity index (χ3n) is 3.90. The highest BCUT2D eigenvalue weighted by molar-refractivity contribution is 9.10. The largest absolute Gasteiger partial charge is 0.396 e. The Kier molecular flexibility index (Phi) is 5.08. The fourth-order valence-corrected chi connectivity index (χ4v) is 3.41. The zero-order valence-electron chi connectivity index (χ0n) is 11.9. The Morgan fingerprint density at radius 2 is 2.05 bits per heavy atom. The van der Waals surface area contributed by atoms with Gasteiger partial charge in [0.2, 0.25) is 0 Å². The monoisotopic (exact) mass is 325 g/mol. The highest BCUT2D eigenvalue weighted by Crippen LogP contribution is 2.36. The van der Waals surface area contributed by atoms with Gasteiger partial charge in [0, 0.05) is 18.8 Å². The Morgan fingerprint density at radius 1 is 1.37 bits per heavy atom. The minimum atomic E-state index is 0.639. The van der Waals surface area contributed by atoms with Crippen molar-refractivity contribution in [1.29, 1.82) is 0 Å². The van der Waals surface area contributed by atoms with Crippen molar-refractivity contribution in [2.45, 2.75) is 52.0 Å². The topological polar surface area (TPSA) is 42.1 Å². The Balaban J connectivity index is 2.25. The predicted octanol–water partition coefficient (Wildman–Crippen LogP) is 4.22. The molecule has 0 atom stereocenters. The van der Waals surface area contributed by atoms with Crippen LogP contribution in [0.5, 0.6) is 0 Å². The molecular weight excluding hydrogens is 302 g/mol. The highest BCUT2D eigenvalue weighted by Gasteiger charge is 2.25. The van der Waals surface area contributed by atoms with Crippen LogP contribution in [-0.4, -0.2) is 17.6 Å². The molecule has 0 aromatic carbocycles. The van der Waals surface area contributed by atoms with Crippen LogP contribution in [0, 0.1) is 5.92 Å². The summed E-state index contributed by atoms with van der Waals surface area (Å²) in [6.45, 7) is 5.63. The lowest BCUT2D eigenvalue weighted by Gasteiger charge is -2.33. The molecule has 0 bridgehead atoms. The van der Waals surface area contributed by atoms with E-state index in [1.807, 2.05) is 6.20 Å². The molecule has 106 valence electrons. The molecule has 1 heterocycles.